The van der Waals surface area contributed by atoms with Crippen LogP contribution in [0.1, 0.15) is 17.7 Å². The molecule has 31 heavy (non-hydrogen) atoms. The second-order valence-electron chi connectivity index (χ2n) is 6.81. The van der Waals surface area contributed by atoms with E-state index in [1.807, 2.05) is 36.4 Å². The first-order chi connectivity index (χ1) is 15.1. The van der Waals surface area contributed by atoms with Crippen molar-refractivity contribution in [3.63, 3.8) is 0 Å². The third-order valence-corrected chi connectivity index (χ3v) is 5.68. The molecule has 0 aliphatic heterocycles. The van der Waals surface area contributed by atoms with E-state index < -0.39 is 6.10 Å². The van der Waals surface area contributed by atoms with Crippen molar-refractivity contribution in [1.82, 2.24) is 15.0 Å². The van der Waals surface area contributed by atoms with Gasteiger partial charge in [0.15, 0.2) is 0 Å². The molecular weight excluding hydrogens is 414 g/mol. The third kappa shape index (κ3) is 6.55. The first-order valence-corrected chi connectivity index (χ1v) is 10.9. The number of methoxy groups -OCH3 is 1. The van der Waals surface area contributed by atoms with Gasteiger partial charge in [-0.1, -0.05) is 18.2 Å². The Balaban J connectivity index is 1.60. The Morgan fingerprint density at radius 3 is 2.68 bits per heavy atom. The average Bonchev–Trinajstić information content (AvgIpc) is 2.82. The van der Waals surface area contributed by atoms with Crippen molar-refractivity contribution in [3.8, 4) is 17.0 Å². The van der Waals surface area contributed by atoms with Crippen molar-refractivity contribution in [1.29, 1.82) is 0 Å². The SMILES string of the molecule is COc1ccccc1[C@H](C)SCNc1cc(-c2ccnc(NC[C@H](O)CO)c2)ncn1. The Bertz CT molecular complexity index is 975. The molecule has 9 heteroatoms. The monoisotopic (exact) mass is 441 g/mol. The van der Waals surface area contributed by atoms with Gasteiger partial charge in [0.25, 0.3) is 0 Å². The van der Waals surface area contributed by atoms with E-state index in [0.717, 1.165) is 28.4 Å². The Labute approximate surface area is 186 Å². The zero-order chi connectivity index (χ0) is 22.1. The summed E-state index contributed by atoms with van der Waals surface area (Å²) in [5.74, 6) is 2.89. The van der Waals surface area contributed by atoms with Crippen LogP contribution >= 0.6 is 11.8 Å². The van der Waals surface area contributed by atoms with E-state index >= 15 is 0 Å². The molecule has 0 spiro atoms. The van der Waals surface area contributed by atoms with E-state index in [1.165, 1.54) is 6.33 Å². The van der Waals surface area contributed by atoms with Gasteiger partial charge in [0.1, 0.15) is 23.7 Å². The van der Waals surface area contributed by atoms with Crippen molar-refractivity contribution in [2.75, 3.05) is 36.8 Å². The number of nitrogens with zero attached hydrogens (tertiary/aromatic N) is 3. The van der Waals surface area contributed by atoms with Crippen LogP contribution in [0.2, 0.25) is 0 Å². The van der Waals surface area contributed by atoms with Gasteiger partial charge in [-0.3, -0.25) is 0 Å². The van der Waals surface area contributed by atoms with Crippen LogP contribution in [-0.4, -0.2) is 57.4 Å². The van der Waals surface area contributed by atoms with Crippen molar-refractivity contribution in [2.24, 2.45) is 0 Å². The number of para-hydroxylation sites is 1. The lowest BCUT2D eigenvalue weighted by atomic mass is 10.1. The maximum absolute atomic E-state index is 9.49. The number of benzene rings is 1. The number of aliphatic hydroxyl groups excluding tert-OH is 2. The molecule has 0 aliphatic carbocycles. The van der Waals surface area contributed by atoms with E-state index in [1.54, 1.807) is 25.1 Å². The number of ether oxygens (including phenoxy) is 1. The van der Waals surface area contributed by atoms with Crippen LogP contribution < -0.4 is 15.4 Å². The quantitative estimate of drug-likeness (QED) is 0.333. The fraction of sp³-hybridized carbons (Fsp3) is 0.318. The molecule has 0 aliphatic rings. The molecule has 3 rings (SSSR count). The molecule has 3 aromatic rings. The van der Waals surface area contributed by atoms with Crippen LogP contribution in [-0.2, 0) is 0 Å². The summed E-state index contributed by atoms with van der Waals surface area (Å²) in [4.78, 5) is 12.9. The van der Waals surface area contributed by atoms with Gasteiger partial charge in [-0.05, 0) is 25.1 Å². The minimum absolute atomic E-state index is 0.213. The molecule has 2 heterocycles. The van der Waals surface area contributed by atoms with Gasteiger partial charge in [-0.15, -0.1) is 11.8 Å². The maximum Gasteiger partial charge on any atom is 0.130 e. The predicted molar refractivity (Wildman–Crippen MR) is 124 cm³/mol. The van der Waals surface area contributed by atoms with Crippen LogP contribution in [0.3, 0.4) is 0 Å². The number of aromatic nitrogens is 3. The molecule has 0 unspecified atom stereocenters. The van der Waals surface area contributed by atoms with E-state index in [4.69, 9.17) is 9.84 Å². The molecular formula is C22H27N5O3S. The molecule has 1 aromatic carbocycles. The van der Waals surface area contributed by atoms with Gasteiger partial charge in [0.05, 0.1) is 31.4 Å². The topological polar surface area (TPSA) is 112 Å². The minimum Gasteiger partial charge on any atom is -0.496 e. The fourth-order valence-corrected chi connectivity index (χ4v) is 3.77. The zero-order valence-electron chi connectivity index (χ0n) is 17.5. The highest BCUT2D eigenvalue weighted by Crippen LogP contribution is 2.34. The normalized spacial score (nSPS) is 12.8. The number of thioether (sulfide) groups is 1. The second-order valence-corrected chi connectivity index (χ2v) is 8.14. The second kappa shape index (κ2) is 11.5. The summed E-state index contributed by atoms with van der Waals surface area (Å²) in [6.07, 6.45) is 2.36. The van der Waals surface area contributed by atoms with Gasteiger partial charge in [-0.25, -0.2) is 15.0 Å². The first kappa shape index (κ1) is 22.8. The van der Waals surface area contributed by atoms with Gasteiger partial charge in [0.2, 0.25) is 0 Å². The molecule has 4 N–H and O–H groups in total. The lowest BCUT2D eigenvalue weighted by Crippen LogP contribution is -2.23. The van der Waals surface area contributed by atoms with E-state index in [2.05, 4.69) is 38.6 Å². The Morgan fingerprint density at radius 1 is 1.06 bits per heavy atom. The fourth-order valence-electron chi connectivity index (χ4n) is 2.92. The Kier molecular flexibility index (Phi) is 8.45. The van der Waals surface area contributed by atoms with Gasteiger partial charge >= 0.3 is 0 Å². The Morgan fingerprint density at radius 2 is 1.87 bits per heavy atom. The van der Waals surface area contributed by atoms with Crippen molar-refractivity contribution in [2.45, 2.75) is 18.3 Å². The molecule has 2 aromatic heterocycles. The van der Waals surface area contributed by atoms with Crippen LogP contribution in [0, 0.1) is 0 Å². The van der Waals surface area contributed by atoms with Gasteiger partial charge < -0.3 is 25.6 Å². The third-order valence-electron chi connectivity index (χ3n) is 4.62. The summed E-state index contributed by atoms with van der Waals surface area (Å²) in [5, 5.41) is 25.0. The lowest BCUT2D eigenvalue weighted by molar-refractivity contribution is 0.105. The molecule has 0 radical (unpaired) electrons. The number of anilines is 2. The van der Waals surface area contributed by atoms with Gasteiger partial charge in [-0.2, -0.15) is 0 Å². The van der Waals surface area contributed by atoms with Crippen LogP contribution in [0.5, 0.6) is 5.75 Å². The molecule has 0 bridgehead atoms. The summed E-state index contributed by atoms with van der Waals surface area (Å²) in [5.41, 5.74) is 2.79. The first-order valence-electron chi connectivity index (χ1n) is 9.90. The Hall–Kier alpha value is -2.88. The number of hydrogen-bond donors (Lipinski definition) is 4. The number of nitrogens with one attached hydrogen (secondary N) is 2. The molecule has 164 valence electrons. The maximum atomic E-state index is 9.49. The van der Waals surface area contributed by atoms with Crippen molar-refractivity contribution in [3.05, 3.63) is 60.6 Å². The molecule has 0 fully saturated rings. The molecule has 8 nitrogen and oxygen atoms in total. The highest BCUT2D eigenvalue weighted by atomic mass is 32.2. The summed E-state index contributed by atoms with van der Waals surface area (Å²) in [6.45, 7) is 2.06. The number of rotatable bonds is 11. The van der Waals surface area contributed by atoms with Crippen LogP contribution in [0.4, 0.5) is 11.6 Å². The lowest BCUT2D eigenvalue weighted by Gasteiger charge is -2.16. The molecule has 2 atom stereocenters. The predicted octanol–water partition coefficient (Wildman–Crippen LogP) is 3.18. The minimum atomic E-state index is -0.837. The highest BCUT2D eigenvalue weighted by molar-refractivity contribution is 7.99. The average molecular weight is 442 g/mol. The summed E-state index contributed by atoms with van der Waals surface area (Å²) in [7, 11) is 1.69. The van der Waals surface area contributed by atoms with E-state index in [-0.39, 0.29) is 18.4 Å². The van der Waals surface area contributed by atoms with E-state index in [0.29, 0.717) is 11.7 Å². The summed E-state index contributed by atoms with van der Waals surface area (Å²) < 4.78 is 5.45. The summed E-state index contributed by atoms with van der Waals surface area (Å²) >= 11 is 1.75. The standard InChI is InChI=1S/C22H27N5O3S/c1-15(18-5-3-4-6-20(18)30-2)31-14-27-22-10-19(25-13-26-22)16-7-8-23-21(9-16)24-11-17(29)12-28/h3-10,13,15,17,28-29H,11-12,14H2,1-2H3,(H,23,24)(H,25,26,27)/t15-,17-/m0/s1. The largest absolute Gasteiger partial charge is 0.496 e. The van der Waals surface area contributed by atoms with Crippen LogP contribution in [0.15, 0.2) is 55.0 Å². The number of aliphatic hydroxyl groups is 2. The smallest absolute Gasteiger partial charge is 0.130 e. The summed E-state index contributed by atoms with van der Waals surface area (Å²) in [6, 6.07) is 13.6. The molecule has 0 saturated carbocycles. The number of hydrogen-bond acceptors (Lipinski definition) is 9. The van der Waals surface area contributed by atoms with Crippen molar-refractivity contribution < 1.29 is 14.9 Å². The van der Waals surface area contributed by atoms with Crippen LogP contribution in [0.25, 0.3) is 11.3 Å². The molecule has 0 amide bonds. The molecule has 0 saturated heterocycles. The van der Waals surface area contributed by atoms with E-state index in [9.17, 15) is 5.11 Å². The van der Waals surface area contributed by atoms with Crippen molar-refractivity contribution >= 4 is 23.4 Å². The van der Waals surface area contributed by atoms with Gasteiger partial charge in [0, 0.05) is 35.2 Å². The zero-order valence-corrected chi connectivity index (χ0v) is 18.3. The number of pyridine rings is 1. The highest BCUT2D eigenvalue weighted by Gasteiger charge is 2.11.